The quantitative estimate of drug-likeness (QED) is 0.561. The highest BCUT2D eigenvalue weighted by Gasteiger charge is 2.55. The molecule has 146 valence electrons. The zero-order valence-electron chi connectivity index (χ0n) is 15.3. The molecule has 2 fully saturated rings. The summed E-state index contributed by atoms with van der Waals surface area (Å²) in [7, 11) is 1.63. The van der Waals surface area contributed by atoms with Gasteiger partial charge in [-0.2, -0.15) is 0 Å². The lowest BCUT2D eigenvalue weighted by atomic mass is 9.81. The smallest absolute Gasteiger partial charge is 0.327 e. The molecule has 0 bridgehead atoms. The molecule has 1 aromatic rings. The summed E-state index contributed by atoms with van der Waals surface area (Å²) >= 11 is 0. The maximum absolute atomic E-state index is 12.8. The fourth-order valence-electron chi connectivity index (χ4n) is 3.74. The predicted molar refractivity (Wildman–Crippen MR) is 94.7 cm³/mol. The van der Waals surface area contributed by atoms with Crippen molar-refractivity contribution < 1.29 is 23.6 Å². The van der Waals surface area contributed by atoms with Gasteiger partial charge in [0.15, 0.2) is 5.76 Å². The standard InChI is InChI=1S/C18H24N4O5/c1-21-17(26)22(16(25)18(21)7-3-2-4-8-18)12-14(23)19-9-10-20-15(24)13-6-5-11-27-13/h5-6,11H,2-4,7-10,12H2,1H3,(H,19,23)(H,20,24). The summed E-state index contributed by atoms with van der Waals surface area (Å²) < 4.78 is 4.96. The van der Waals surface area contributed by atoms with Crippen molar-refractivity contribution >= 4 is 23.8 Å². The van der Waals surface area contributed by atoms with Gasteiger partial charge < -0.3 is 20.0 Å². The van der Waals surface area contributed by atoms with Crippen LogP contribution in [-0.4, -0.2) is 65.8 Å². The topological polar surface area (TPSA) is 112 Å². The Morgan fingerprint density at radius 3 is 2.52 bits per heavy atom. The van der Waals surface area contributed by atoms with Crippen LogP contribution in [-0.2, 0) is 9.59 Å². The molecule has 9 nitrogen and oxygen atoms in total. The molecular weight excluding hydrogens is 352 g/mol. The van der Waals surface area contributed by atoms with E-state index >= 15 is 0 Å². The van der Waals surface area contributed by atoms with Crippen molar-refractivity contribution in [1.82, 2.24) is 20.4 Å². The van der Waals surface area contributed by atoms with Crippen LogP contribution in [0.5, 0.6) is 0 Å². The van der Waals surface area contributed by atoms with E-state index in [0.29, 0.717) is 12.8 Å². The average molecular weight is 376 g/mol. The lowest BCUT2D eigenvalue weighted by Crippen LogP contribution is -2.49. The van der Waals surface area contributed by atoms with Gasteiger partial charge in [0.25, 0.3) is 11.8 Å². The fraction of sp³-hybridized carbons (Fsp3) is 0.556. The van der Waals surface area contributed by atoms with E-state index in [1.165, 1.54) is 17.2 Å². The number of carbonyl (C=O) groups is 4. The fourth-order valence-corrected chi connectivity index (χ4v) is 3.74. The van der Waals surface area contributed by atoms with Crippen molar-refractivity contribution in [2.24, 2.45) is 0 Å². The highest BCUT2D eigenvalue weighted by Crippen LogP contribution is 2.39. The molecule has 1 aliphatic carbocycles. The highest BCUT2D eigenvalue weighted by atomic mass is 16.3. The van der Waals surface area contributed by atoms with Crippen LogP contribution < -0.4 is 10.6 Å². The van der Waals surface area contributed by atoms with Gasteiger partial charge in [-0.25, -0.2) is 4.79 Å². The van der Waals surface area contributed by atoms with Crippen molar-refractivity contribution in [3.8, 4) is 0 Å². The van der Waals surface area contributed by atoms with E-state index in [-0.39, 0.29) is 37.2 Å². The minimum atomic E-state index is -0.785. The molecule has 0 unspecified atom stereocenters. The van der Waals surface area contributed by atoms with E-state index in [1.807, 2.05) is 0 Å². The lowest BCUT2D eigenvalue weighted by molar-refractivity contribution is -0.137. The molecule has 0 radical (unpaired) electrons. The van der Waals surface area contributed by atoms with Gasteiger partial charge in [-0.1, -0.05) is 19.3 Å². The van der Waals surface area contributed by atoms with Gasteiger partial charge in [-0.3, -0.25) is 19.3 Å². The number of rotatable bonds is 6. The van der Waals surface area contributed by atoms with Crippen LogP contribution in [0.15, 0.2) is 22.8 Å². The first-order chi connectivity index (χ1) is 13.0. The number of urea groups is 1. The number of hydrogen-bond donors (Lipinski definition) is 2. The summed E-state index contributed by atoms with van der Waals surface area (Å²) in [5, 5.41) is 5.21. The van der Waals surface area contributed by atoms with Crippen LogP contribution in [0.4, 0.5) is 4.79 Å². The third-order valence-electron chi connectivity index (χ3n) is 5.26. The number of carbonyl (C=O) groups excluding carboxylic acids is 4. The monoisotopic (exact) mass is 376 g/mol. The molecule has 2 heterocycles. The number of imide groups is 1. The molecule has 0 aromatic carbocycles. The van der Waals surface area contributed by atoms with E-state index in [2.05, 4.69) is 10.6 Å². The molecule has 3 rings (SSSR count). The first kappa shape index (κ1) is 18.9. The third-order valence-corrected chi connectivity index (χ3v) is 5.26. The molecule has 1 aliphatic heterocycles. The Labute approximate surface area is 157 Å². The van der Waals surface area contributed by atoms with Gasteiger partial charge in [0, 0.05) is 20.1 Å². The average Bonchev–Trinajstić information content (AvgIpc) is 3.27. The van der Waals surface area contributed by atoms with Gasteiger partial charge in [0.05, 0.1) is 6.26 Å². The normalized spacial score (nSPS) is 18.9. The number of furan rings is 1. The molecular formula is C18H24N4O5. The second kappa shape index (κ2) is 7.81. The maximum atomic E-state index is 12.8. The predicted octanol–water partition coefficient (Wildman–Crippen LogP) is 0.723. The summed E-state index contributed by atoms with van der Waals surface area (Å²) in [5.41, 5.74) is -0.785. The number of nitrogens with zero attached hydrogens (tertiary/aromatic N) is 2. The molecule has 2 aliphatic rings. The van der Waals surface area contributed by atoms with Gasteiger partial charge in [0.2, 0.25) is 5.91 Å². The molecule has 1 saturated heterocycles. The summed E-state index contributed by atoms with van der Waals surface area (Å²) in [4.78, 5) is 51.6. The SMILES string of the molecule is CN1C(=O)N(CC(=O)NCCNC(=O)c2ccco2)C(=O)C12CCCCC2. The van der Waals surface area contributed by atoms with Crippen LogP contribution in [0.1, 0.15) is 42.7 Å². The van der Waals surface area contributed by atoms with Crippen molar-refractivity contribution in [2.75, 3.05) is 26.7 Å². The molecule has 2 N–H and O–H groups in total. The number of hydrogen-bond acceptors (Lipinski definition) is 5. The number of amides is 5. The lowest BCUT2D eigenvalue weighted by Gasteiger charge is -2.35. The van der Waals surface area contributed by atoms with Crippen LogP contribution in [0, 0.1) is 0 Å². The second-order valence-electron chi connectivity index (χ2n) is 6.91. The molecule has 9 heteroatoms. The van der Waals surface area contributed by atoms with Crippen LogP contribution in [0.2, 0.25) is 0 Å². The van der Waals surface area contributed by atoms with E-state index in [4.69, 9.17) is 4.42 Å². The summed E-state index contributed by atoms with van der Waals surface area (Å²) in [5.74, 6) is -0.906. The van der Waals surface area contributed by atoms with Gasteiger partial charge in [0.1, 0.15) is 12.1 Å². The second-order valence-corrected chi connectivity index (χ2v) is 6.91. The Hall–Kier alpha value is -2.84. The van der Waals surface area contributed by atoms with Gasteiger partial charge in [-0.05, 0) is 25.0 Å². The summed E-state index contributed by atoms with van der Waals surface area (Å²) in [6.07, 6.45) is 5.55. The summed E-state index contributed by atoms with van der Waals surface area (Å²) in [6.45, 7) is 0.0787. The number of likely N-dealkylation sites (N-methyl/N-ethyl adjacent to an activating group) is 1. The Kier molecular flexibility index (Phi) is 5.48. The van der Waals surface area contributed by atoms with E-state index in [9.17, 15) is 19.2 Å². The van der Waals surface area contributed by atoms with Crippen LogP contribution in [0.3, 0.4) is 0 Å². The molecule has 1 spiro atoms. The van der Waals surface area contributed by atoms with E-state index in [1.54, 1.807) is 13.1 Å². The zero-order chi connectivity index (χ0) is 19.4. The zero-order valence-corrected chi connectivity index (χ0v) is 15.3. The first-order valence-corrected chi connectivity index (χ1v) is 9.14. The van der Waals surface area contributed by atoms with Crippen LogP contribution >= 0.6 is 0 Å². The minimum Gasteiger partial charge on any atom is -0.459 e. The molecule has 5 amide bonds. The number of nitrogens with one attached hydrogen (secondary N) is 2. The van der Waals surface area contributed by atoms with Gasteiger partial charge in [-0.15, -0.1) is 0 Å². The molecule has 1 saturated carbocycles. The maximum Gasteiger partial charge on any atom is 0.327 e. The van der Waals surface area contributed by atoms with Gasteiger partial charge >= 0.3 is 6.03 Å². The first-order valence-electron chi connectivity index (χ1n) is 9.14. The highest BCUT2D eigenvalue weighted by molar-refractivity contribution is 6.08. The van der Waals surface area contributed by atoms with Crippen molar-refractivity contribution in [3.05, 3.63) is 24.2 Å². The Morgan fingerprint density at radius 2 is 1.85 bits per heavy atom. The van der Waals surface area contributed by atoms with Crippen molar-refractivity contribution in [2.45, 2.75) is 37.6 Å². The van der Waals surface area contributed by atoms with E-state index < -0.39 is 17.5 Å². The Morgan fingerprint density at radius 1 is 1.15 bits per heavy atom. The molecule has 27 heavy (non-hydrogen) atoms. The van der Waals surface area contributed by atoms with Crippen LogP contribution in [0.25, 0.3) is 0 Å². The Bertz CT molecular complexity index is 724. The minimum absolute atomic E-state index is 0.183. The summed E-state index contributed by atoms with van der Waals surface area (Å²) in [6, 6.07) is 2.72. The van der Waals surface area contributed by atoms with Crippen molar-refractivity contribution in [1.29, 1.82) is 0 Å². The largest absolute Gasteiger partial charge is 0.459 e. The van der Waals surface area contributed by atoms with Crippen molar-refractivity contribution in [3.63, 3.8) is 0 Å². The third kappa shape index (κ3) is 3.67. The Balaban J connectivity index is 1.47. The molecule has 0 atom stereocenters. The molecule has 1 aromatic heterocycles. The van der Waals surface area contributed by atoms with E-state index in [0.717, 1.165) is 24.2 Å².